The molecule has 0 saturated heterocycles. The molecule has 2 rings (SSSR count). The van der Waals surface area contributed by atoms with Crippen molar-refractivity contribution in [2.75, 3.05) is 19.4 Å². The minimum Gasteiger partial charge on any atom is -0.322 e. The third-order valence-electron chi connectivity index (χ3n) is 3.35. The summed E-state index contributed by atoms with van der Waals surface area (Å²) in [6.45, 7) is 4.92. The number of anilines is 1. The number of aryl methyl sites for hydroxylation is 2. The van der Waals surface area contributed by atoms with Crippen LogP contribution in [0.3, 0.4) is 0 Å². The molecule has 1 N–H and O–H groups in total. The van der Waals surface area contributed by atoms with Gasteiger partial charge in [-0.2, -0.15) is 0 Å². The van der Waals surface area contributed by atoms with Gasteiger partial charge in [-0.15, -0.1) is 0 Å². The van der Waals surface area contributed by atoms with Crippen molar-refractivity contribution in [3.8, 4) is 0 Å². The maximum Gasteiger partial charge on any atom is 0.255 e. The lowest BCUT2D eigenvalue weighted by Gasteiger charge is -2.11. The number of nitrogens with one attached hydrogen (secondary N) is 1. The van der Waals surface area contributed by atoms with Crippen molar-refractivity contribution in [1.82, 2.24) is 4.90 Å². The lowest BCUT2D eigenvalue weighted by Crippen LogP contribution is -2.14. The van der Waals surface area contributed by atoms with Gasteiger partial charge in [-0.05, 0) is 57.3 Å². The molecule has 0 saturated carbocycles. The van der Waals surface area contributed by atoms with Crippen molar-refractivity contribution in [2.45, 2.75) is 20.4 Å². The predicted octanol–water partition coefficient (Wildman–Crippen LogP) is 3.62. The molecule has 0 bridgehead atoms. The summed E-state index contributed by atoms with van der Waals surface area (Å²) in [7, 11) is 4.06. The molecule has 2 aromatic rings. The Balaban J connectivity index is 2.09. The molecule has 21 heavy (non-hydrogen) atoms. The average Bonchev–Trinajstić information content (AvgIpc) is 2.42. The van der Waals surface area contributed by atoms with Gasteiger partial charge in [0.15, 0.2) is 0 Å². The molecule has 0 spiro atoms. The number of rotatable bonds is 4. The highest BCUT2D eigenvalue weighted by atomic mass is 16.1. The average molecular weight is 282 g/mol. The van der Waals surface area contributed by atoms with E-state index in [1.807, 2.05) is 64.3 Å². The van der Waals surface area contributed by atoms with E-state index in [1.54, 1.807) is 0 Å². The van der Waals surface area contributed by atoms with Crippen LogP contribution in [-0.2, 0) is 6.54 Å². The molecule has 1 amide bonds. The number of benzene rings is 2. The lowest BCUT2D eigenvalue weighted by molar-refractivity contribution is 0.102. The summed E-state index contributed by atoms with van der Waals surface area (Å²) in [6, 6.07) is 13.8. The number of hydrogen-bond donors (Lipinski definition) is 1. The smallest absolute Gasteiger partial charge is 0.255 e. The summed E-state index contributed by atoms with van der Waals surface area (Å²) in [5, 5.41) is 2.96. The summed E-state index contributed by atoms with van der Waals surface area (Å²) in [6.07, 6.45) is 0. The molecule has 0 fully saturated rings. The fourth-order valence-corrected chi connectivity index (χ4v) is 2.28. The van der Waals surface area contributed by atoms with Gasteiger partial charge in [-0.25, -0.2) is 0 Å². The number of hydrogen-bond acceptors (Lipinski definition) is 2. The minimum atomic E-state index is -0.0710. The quantitative estimate of drug-likeness (QED) is 0.929. The minimum absolute atomic E-state index is 0.0710. The van der Waals surface area contributed by atoms with Crippen molar-refractivity contribution in [3.05, 3.63) is 64.7 Å². The van der Waals surface area contributed by atoms with Gasteiger partial charge in [0, 0.05) is 17.8 Å². The molecule has 2 aromatic carbocycles. The van der Waals surface area contributed by atoms with E-state index in [0.717, 1.165) is 17.8 Å². The van der Waals surface area contributed by atoms with Gasteiger partial charge in [-0.3, -0.25) is 4.79 Å². The largest absolute Gasteiger partial charge is 0.322 e. The molecule has 3 heteroatoms. The van der Waals surface area contributed by atoms with Crippen molar-refractivity contribution in [1.29, 1.82) is 0 Å². The van der Waals surface area contributed by atoms with E-state index in [2.05, 4.69) is 16.3 Å². The van der Waals surface area contributed by atoms with Crippen molar-refractivity contribution >= 4 is 11.6 Å². The first-order valence-electron chi connectivity index (χ1n) is 7.08. The van der Waals surface area contributed by atoms with Gasteiger partial charge in [0.05, 0.1) is 0 Å². The van der Waals surface area contributed by atoms with Gasteiger partial charge >= 0.3 is 0 Å². The molecule has 0 aliphatic carbocycles. The Morgan fingerprint density at radius 1 is 1.05 bits per heavy atom. The van der Waals surface area contributed by atoms with Gasteiger partial charge < -0.3 is 10.2 Å². The van der Waals surface area contributed by atoms with Crippen LogP contribution in [0.5, 0.6) is 0 Å². The van der Waals surface area contributed by atoms with E-state index in [0.29, 0.717) is 5.56 Å². The van der Waals surface area contributed by atoms with E-state index >= 15 is 0 Å². The van der Waals surface area contributed by atoms with Crippen LogP contribution in [0.4, 0.5) is 5.69 Å². The van der Waals surface area contributed by atoms with Gasteiger partial charge in [0.25, 0.3) is 5.91 Å². The molecule has 0 aromatic heterocycles. The Morgan fingerprint density at radius 2 is 1.71 bits per heavy atom. The van der Waals surface area contributed by atoms with Crippen LogP contribution in [0.25, 0.3) is 0 Å². The normalized spacial score (nSPS) is 10.7. The first-order chi connectivity index (χ1) is 9.95. The summed E-state index contributed by atoms with van der Waals surface area (Å²) in [5.74, 6) is -0.0710. The van der Waals surface area contributed by atoms with Crippen LogP contribution in [0, 0.1) is 13.8 Å². The molecular formula is C18H22N2O. The second-order valence-corrected chi connectivity index (χ2v) is 5.71. The Kier molecular flexibility index (Phi) is 4.76. The SMILES string of the molecule is Cc1ccc(NC(=O)c2ccc(CN(C)C)cc2)c(C)c1. The van der Waals surface area contributed by atoms with Crippen molar-refractivity contribution < 1.29 is 4.79 Å². The Hall–Kier alpha value is -2.13. The van der Waals surface area contributed by atoms with Crippen molar-refractivity contribution in [3.63, 3.8) is 0 Å². The molecule has 0 aliphatic rings. The van der Waals surface area contributed by atoms with Gasteiger partial charge in [0.1, 0.15) is 0 Å². The van der Waals surface area contributed by atoms with Crippen molar-refractivity contribution in [2.24, 2.45) is 0 Å². The fraction of sp³-hybridized carbons (Fsp3) is 0.278. The van der Waals surface area contributed by atoms with E-state index in [4.69, 9.17) is 0 Å². The number of nitrogens with zero attached hydrogens (tertiary/aromatic N) is 1. The third-order valence-corrected chi connectivity index (χ3v) is 3.35. The zero-order valence-electron chi connectivity index (χ0n) is 13.1. The molecule has 3 nitrogen and oxygen atoms in total. The highest BCUT2D eigenvalue weighted by molar-refractivity contribution is 6.04. The molecule has 0 heterocycles. The van der Waals surface area contributed by atoms with Gasteiger partial charge in [0.2, 0.25) is 0 Å². The van der Waals surface area contributed by atoms with E-state index < -0.39 is 0 Å². The zero-order valence-corrected chi connectivity index (χ0v) is 13.1. The maximum absolute atomic E-state index is 12.3. The molecular weight excluding hydrogens is 260 g/mol. The Bertz CT molecular complexity index is 630. The van der Waals surface area contributed by atoms with Gasteiger partial charge in [-0.1, -0.05) is 29.8 Å². The van der Waals surface area contributed by atoms with Crippen LogP contribution in [0.2, 0.25) is 0 Å². The number of carbonyl (C=O) groups is 1. The summed E-state index contributed by atoms with van der Waals surface area (Å²) in [5.41, 5.74) is 5.01. The van der Waals surface area contributed by atoms with Crippen LogP contribution in [0.1, 0.15) is 27.0 Å². The second kappa shape index (κ2) is 6.55. The highest BCUT2D eigenvalue weighted by Gasteiger charge is 2.08. The highest BCUT2D eigenvalue weighted by Crippen LogP contribution is 2.17. The summed E-state index contributed by atoms with van der Waals surface area (Å²) in [4.78, 5) is 14.4. The van der Waals surface area contributed by atoms with E-state index in [-0.39, 0.29) is 5.91 Å². The van der Waals surface area contributed by atoms with E-state index in [1.165, 1.54) is 11.1 Å². The predicted molar refractivity (Wildman–Crippen MR) is 87.7 cm³/mol. The lowest BCUT2D eigenvalue weighted by atomic mass is 10.1. The molecule has 0 aliphatic heterocycles. The van der Waals surface area contributed by atoms with Crippen LogP contribution < -0.4 is 5.32 Å². The number of carbonyl (C=O) groups excluding carboxylic acids is 1. The van der Waals surface area contributed by atoms with Crippen LogP contribution in [-0.4, -0.2) is 24.9 Å². The van der Waals surface area contributed by atoms with Crippen LogP contribution >= 0.6 is 0 Å². The molecule has 0 atom stereocenters. The first-order valence-corrected chi connectivity index (χ1v) is 7.08. The monoisotopic (exact) mass is 282 g/mol. The molecule has 110 valence electrons. The summed E-state index contributed by atoms with van der Waals surface area (Å²) >= 11 is 0. The number of amides is 1. The van der Waals surface area contributed by atoms with E-state index in [9.17, 15) is 4.79 Å². The fourth-order valence-electron chi connectivity index (χ4n) is 2.28. The summed E-state index contributed by atoms with van der Waals surface area (Å²) < 4.78 is 0. The Labute approximate surface area is 126 Å². The second-order valence-electron chi connectivity index (χ2n) is 5.71. The zero-order chi connectivity index (χ0) is 15.4. The molecule has 0 radical (unpaired) electrons. The van der Waals surface area contributed by atoms with Crippen LogP contribution in [0.15, 0.2) is 42.5 Å². The standard InChI is InChI=1S/C18H22N2O/c1-13-5-10-17(14(2)11-13)19-18(21)16-8-6-15(7-9-16)12-20(3)4/h5-11H,12H2,1-4H3,(H,19,21). The maximum atomic E-state index is 12.3. The molecule has 0 unspecified atom stereocenters. The third kappa shape index (κ3) is 4.17. The topological polar surface area (TPSA) is 32.3 Å². The Morgan fingerprint density at radius 3 is 2.29 bits per heavy atom. The first kappa shape index (κ1) is 15.3.